The Balaban J connectivity index is 2.58. The molecule has 7 heteroatoms. The van der Waals surface area contributed by atoms with Gasteiger partial charge in [0.2, 0.25) is 0 Å². The molecule has 0 saturated carbocycles. The summed E-state index contributed by atoms with van der Waals surface area (Å²) >= 11 is 0. The van der Waals surface area contributed by atoms with Crippen LogP contribution < -0.4 is 10.5 Å². The molecule has 1 atom stereocenters. The molecule has 0 radical (unpaired) electrons. The first-order valence-electron chi connectivity index (χ1n) is 5.96. The molecule has 1 aromatic rings. The molecular formula is C13H16F3NO3. The van der Waals surface area contributed by atoms with Crippen LogP contribution >= 0.6 is 0 Å². The van der Waals surface area contributed by atoms with Gasteiger partial charge in [-0.2, -0.15) is 13.2 Å². The number of rotatable bonds is 6. The number of hydrogen-bond donors (Lipinski definition) is 2. The van der Waals surface area contributed by atoms with E-state index in [4.69, 9.17) is 15.6 Å². The highest BCUT2D eigenvalue weighted by Gasteiger charge is 2.34. The van der Waals surface area contributed by atoms with Crippen molar-refractivity contribution in [3.05, 3.63) is 29.8 Å². The molecule has 112 valence electrons. The van der Waals surface area contributed by atoms with Crippen LogP contribution in [-0.4, -0.2) is 23.2 Å². The van der Waals surface area contributed by atoms with E-state index in [-0.39, 0.29) is 25.2 Å². The molecule has 3 N–H and O–H groups in total. The Morgan fingerprint density at radius 2 is 1.95 bits per heavy atom. The number of para-hydroxylation sites is 1. The van der Waals surface area contributed by atoms with Crippen LogP contribution in [0, 0.1) is 0 Å². The Kier molecular flexibility index (Phi) is 4.99. The van der Waals surface area contributed by atoms with E-state index >= 15 is 0 Å². The van der Waals surface area contributed by atoms with Crippen LogP contribution in [0.3, 0.4) is 0 Å². The number of benzene rings is 1. The van der Waals surface area contributed by atoms with Crippen molar-refractivity contribution < 1.29 is 27.8 Å². The molecule has 0 aliphatic rings. The maximum atomic E-state index is 12.7. The zero-order chi connectivity index (χ0) is 15.4. The highest BCUT2D eigenvalue weighted by atomic mass is 19.4. The largest absolute Gasteiger partial charge is 0.493 e. The Hall–Kier alpha value is -1.76. The Morgan fingerprint density at radius 3 is 2.50 bits per heavy atom. The molecule has 0 amide bonds. The summed E-state index contributed by atoms with van der Waals surface area (Å²) in [6, 6.07) is 4.87. The molecule has 1 rings (SSSR count). The molecule has 0 saturated heterocycles. The highest BCUT2D eigenvalue weighted by Crippen LogP contribution is 2.35. The van der Waals surface area contributed by atoms with Crippen molar-refractivity contribution in [1.82, 2.24) is 0 Å². The van der Waals surface area contributed by atoms with Gasteiger partial charge in [0.1, 0.15) is 11.3 Å². The minimum Gasteiger partial charge on any atom is -0.493 e. The van der Waals surface area contributed by atoms with Gasteiger partial charge in [0.05, 0.1) is 12.2 Å². The zero-order valence-electron chi connectivity index (χ0n) is 10.9. The fourth-order valence-electron chi connectivity index (χ4n) is 1.56. The van der Waals surface area contributed by atoms with Gasteiger partial charge < -0.3 is 15.6 Å². The third-order valence-corrected chi connectivity index (χ3v) is 2.78. The molecule has 0 bridgehead atoms. The lowest BCUT2D eigenvalue weighted by molar-refractivity contribution is -0.143. The van der Waals surface area contributed by atoms with Crippen molar-refractivity contribution in [2.24, 2.45) is 5.73 Å². The monoisotopic (exact) mass is 291 g/mol. The van der Waals surface area contributed by atoms with E-state index in [1.807, 2.05) is 0 Å². The maximum absolute atomic E-state index is 12.7. The third-order valence-electron chi connectivity index (χ3n) is 2.78. The second-order valence-electron chi connectivity index (χ2n) is 4.67. The van der Waals surface area contributed by atoms with Crippen LogP contribution in [0.1, 0.15) is 25.3 Å². The van der Waals surface area contributed by atoms with Gasteiger partial charge in [-0.25, -0.2) is 0 Å². The van der Waals surface area contributed by atoms with Crippen molar-refractivity contribution in [2.75, 3.05) is 6.61 Å². The highest BCUT2D eigenvalue weighted by molar-refractivity contribution is 5.77. The van der Waals surface area contributed by atoms with E-state index in [1.165, 1.54) is 25.1 Å². The molecule has 20 heavy (non-hydrogen) atoms. The van der Waals surface area contributed by atoms with Crippen molar-refractivity contribution >= 4 is 5.97 Å². The van der Waals surface area contributed by atoms with Crippen LogP contribution in [0.2, 0.25) is 0 Å². The smallest absolute Gasteiger partial charge is 0.419 e. The zero-order valence-corrected chi connectivity index (χ0v) is 10.9. The number of carboxylic acid groups (broad SMARTS) is 1. The number of carboxylic acids is 1. The summed E-state index contributed by atoms with van der Waals surface area (Å²) < 4.78 is 43.1. The number of halogens is 3. The van der Waals surface area contributed by atoms with E-state index in [9.17, 15) is 18.0 Å². The Bertz CT molecular complexity index is 472. The standard InChI is InChI=1S/C13H16F3NO3/c1-12(17,11(18)19)7-4-8-20-10-6-3-2-5-9(10)13(14,15)16/h2-3,5-6H,4,7-8,17H2,1H3,(H,18,19). The van der Waals surface area contributed by atoms with Crippen molar-refractivity contribution in [3.8, 4) is 5.75 Å². The molecule has 1 aromatic carbocycles. The molecule has 0 aliphatic heterocycles. The Labute approximate surface area is 114 Å². The number of hydrogen-bond acceptors (Lipinski definition) is 3. The predicted octanol–water partition coefficient (Wildman–Crippen LogP) is 2.67. The average molecular weight is 291 g/mol. The van der Waals surface area contributed by atoms with E-state index in [0.717, 1.165) is 6.07 Å². The lowest BCUT2D eigenvalue weighted by atomic mass is 9.98. The van der Waals surface area contributed by atoms with Crippen LogP contribution in [0.4, 0.5) is 13.2 Å². The molecule has 0 aliphatic carbocycles. The van der Waals surface area contributed by atoms with Gasteiger partial charge >= 0.3 is 12.1 Å². The first-order valence-corrected chi connectivity index (χ1v) is 5.96. The number of nitrogens with two attached hydrogens (primary N) is 1. The van der Waals surface area contributed by atoms with E-state index in [1.54, 1.807) is 0 Å². The van der Waals surface area contributed by atoms with Gasteiger partial charge in [-0.1, -0.05) is 12.1 Å². The van der Waals surface area contributed by atoms with Gasteiger partial charge in [-0.15, -0.1) is 0 Å². The first kappa shape index (κ1) is 16.3. The maximum Gasteiger partial charge on any atom is 0.419 e. The van der Waals surface area contributed by atoms with Crippen molar-refractivity contribution in [3.63, 3.8) is 0 Å². The van der Waals surface area contributed by atoms with Crippen molar-refractivity contribution in [2.45, 2.75) is 31.5 Å². The molecular weight excluding hydrogens is 275 g/mol. The first-order chi connectivity index (χ1) is 9.14. The lowest BCUT2D eigenvalue weighted by Gasteiger charge is -2.19. The summed E-state index contributed by atoms with van der Waals surface area (Å²) in [5.41, 5.74) is 3.24. The third kappa shape index (κ3) is 4.41. The number of alkyl halides is 3. The van der Waals surface area contributed by atoms with E-state index in [0.29, 0.717) is 0 Å². The quantitative estimate of drug-likeness (QED) is 0.790. The van der Waals surface area contributed by atoms with Crippen molar-refractivity contribution in [1.29, 1.82) is 0 Å². The van der Waals surface area contributed by atoms with Crippen LogP contribution in [0.15, 0.2) is 24.3 Å². The summed E-state index contributed by atoms with van der Waals surface area (Å²) in [5, 5.41) is 8.79. The second-order valence-corrected chi connectivity index (χ2v) is 4.67. The molecule has 0 fully saturated rings. The lowest BCUT2D eigenvalue weighted by Crippen LogP contribution is -2.44. The molecule has 0 aromatic heterocycles. The van der Waals surface area contributed by atoms with Crippen LogP contribution in [-0.2, 0) is 11.0 Å². The van der Waals surface area contributed by atoms with Gasteiger partial charge in [-0.05, 0) is 31.9 Å². The molecule has 1 unspecified atom stereocenters. The Morgan fingerprint density at radius 1 is 1.35 bits per heavy atom. The minimum absolute atomic E-state index is 0.0346. The van der Waals surface area contributed by atoms with Gasteiger partial charge in [0, 0.05) is 0 Å². The van der Waals surface area contributed by atoms with Gasteiger partial charge in [-0.3, -0.25) is 4.79 Å². The fraction of sp³-hybridized carbons (Fsp3) is 0.462. The summed E-state index contributed by atoms with van der Waals surface area (Å²) in [6.07, 6.45) is -4.14. The molecule has 4 nitrogen and oxygen atoms in total. The van der Waals surface area contributed by atoms with Gasteiger partial charge in [0.25, 0.3) is 0 Å². The number of aliphatic carboxylic acids is 1. The number of ether oxygens (including phenoxy) is 1. The summed E-state index contributed by atoms with van der Waals surface area (Å²) in [4.78, 5) is 10.8. The fourth-order valence-corrected chi connectivity index (χ4v) is 1.56. The summed E-state index contributed by atoms with van der Waals surface area (Å²) in [6.45, 7) is 1.31. The van der Waals surface area contributed by atoms with E-state index in [2.05, 4.69) is 0 Å². The normalized spacial score (nSPS) is 14.7. The summed E-state index contributed by atoms with van der Waals surface area (Å²) in [5.74, 6) is -1.43. The second kappa shape index (κ2) is 6.13. The number of carbonyl (C=O) groups is 1. The topological polar surface area (TPSA) is 72.5 Å². The van der Waals surface area contributed by atoms with Gasteiger partial charge in [0.15, 0.2) is 0 Å². The molecule has 0 heterocycles. The predicted molar refractivity (Wildman–Crippen MR) is 66.4 cm³/mol. The van der Waals surface area contributed by atoms with Crippen LogP contribution in [0.25, 0.3) is 0 Å². The molecule has 0 spiro atoms. The summed E-state index contributed by atoms with van der Waals surface area (Å²) in [7, 11) is 0. The average Bonchev–Trinajstić information content (AvgIpc) is 2.34. The van der Waals surface area contributed by atoms with Crippen LogP contribution in [0.5, 0.6) is 5.75 Å². The minimum atomic E-state index is -4.49. The SMILES string of the molecule is CC(N)(CCCOc1ccccc1C(F)(F)F)C(=O)O. The van der Waals surface area contributed by atoms with E-state index < -0.39 is 23.2 Å².